The largest absolute Gasteiger partial charge is 0.493 e. The lowest BCUT2D eigenvalue weighted by atomic mass is 10.1. The first-order chi connectivity index (χ1) is 6.61. The van der Waals surface area contributed by atoms with Gasteiger partial charge < -0.3 is 10.5 Å². The first-order valence-corrected chi connectivity index (χ1v) is 3.85. The fourth-order valence-corrected chi connectivity index (χ4v) is 1.14. The van der Waals surface area contributed by atoms with Crippen LogP contribution < -0.4 is 10.5 Å². The summed E-state index contributed by atoms with van der Waals surface area (Å²) in [6, 6.07) is 1.87. The van der Waals surface area contributed by atoms with Crippen molar-refractivity contribution in [1.29, 1.82) is 5.26 Å². The van der Waals surface area contributed by atoms with Crippen molar-refractivity contribution < 1.29 is 9.53 Å². The molecule has 0 spiro atoms. The Kier molecular flexibility index (Phi) is 2.67. The van der Waals surface area contributed by atoms with Gasteiger partial charge in [-0.25, -0.2) is 0 Å². The molecule has 72 valence electrons. The Morgan fingerprint density at radius 2 is 2.36 bits per heavy atom. The van der Waals surface area contributed by atoms with E-state index in [9.17, 15) is 4.79 Å². The van der Waals surface area contributed by atoms with Crippen molar-refractivity contribution in [1.82, 2.24) is 4.98 Å². The van der Waals surface area contributed by atoms with Crippen molar-refractivity contribution in [2.45, 2.75) is 6.92 Å². The molecule has 0 bridgehead atoms. The van der Waals surface area contributed by atoms with Crippen LogP contribution in [0, 0.1) is 18.3 Å². The topological polar surface area (TPSA) is 89.0 Å². The van der Waals surface area contributed by atoms with Gasteiger partial charge in [-0.3, -0.25) is 9.78 Å². The van der Waals surface area contributed by atoms with Crippen LogP contribution >= 0.6 is 0 Å². The van der Waals surface area contributed by atoms with Gasteiger partial charge in [0.05, 0.1) is 18.4 Å². The van der Waals surface area contributed by atoms with E-state index in [-0.39, 0.29) is 11.1 Å². The Labute approximate surface area is 81.1 Å². The number of ether oxygens (including phenoxy) is 1. The van der Waals surface area contributed by atoms with E-state index in [1.807, 2.05) is 6.07 Å². The number of carbonyl (C=O) groups is 1. The number of primary amides is 1. The molecule has 1 rings (SSSR count). The molecule has 1 aromatic rings. The van der Waals surface area contributed by atoms with E-state index < -0.39 is 5.91 Å². The summed E-state index contributed by atoms with van der Waals surface area (Å²) in [6.07, 6.45) is 1.28. The van der Waals surface area contributed by atoms with E-state index in [0.717, 1.165) is 0 Å². The average Bonchev–Trinajstić information content (AvgIpc) is 2.16. The van der Waals surface area contributed by atoms with Crippen LogP contribution in [0.1, 0.15) is 21.6 Å². The van der Waals surface area contributed by atoms with Crippen LogP contribution in [-0.4, -0.2) is 18.0 Å². The van der Waals surface area contributed by atoms with Crippen LogP contribution in [0.25, 0.3) is 0 Å². The van der Waals surface area contributed by atoms with E-state index >= 15 is 0 Å². The van der Waals surface area contributed by atoms with Crippen molar-refractivity contribution in [3.8, 4) is 11.8 Å². The minimum Gasteiger partial charge on any atom is -0.493 e. The lowest BCUT2D eigenvalue weighted by molar-refractivity contribution is 0.0999. The fraction of sp³-hybridized carbons (Fsp3) is 0.222. The number of hydrogen-bond donors (Lipinski definition) is 1. The molecule has 0 fully saturated rings. The third-order valence-electron chi connectivity index (χ3n) is 1.79. The first-order valence-electron chi connectivity index (χ1n) is 3.85. The van der Waals surface area contributed by atoms with E-state index in [2.05, 4.69) is 4.98 Å². The number of carbonyl (C=O) groups excluding carboxylic acids is 1. The molecule has 14 heavy (non-hydrogen) atoms. The number of nitriles is 1. The molecule has 1 aromatic heterocycles. The number of nitrogens with zero attached hydrogens (tertiary/aromatic N) is 2. The second-order valence-electron chi connectivity index (χ2n) is 2.64. The van der Waals surface area contributed by atoms with Crippen LogP contribution in [0.5, 0.6) is 5.75 Å². The summed E-state index contributed by atoms with van der Waals surface area (Å²) in [4.78, 5) is 14.8. The van der Waals surface area contributed by atoms with Crippen molar-refractivity contribution in [2.75, 3.05) is 7.11 Å². The Morgan fingerprint density at radius 3 is 2.79 bits per heavy atom. The number of rotatable bonds is 2. The number of aromatic nitrogens is 1. The van der Waals surface area contributed by atoms with Gasteiger partial charge in [-0.05, 0) is 6.92 Å². The van der Waals surface area contributed by atoms with E-state index in [1.165, 1.54) is 13.3 Å². The van der Waals surface area contributed by atoms with Gasteiger partial charge in [-0.2, -0.15) is 5.26 Å². The van der Waals surface area contributed by atoms with Crippen molar-refractivity contribution in [3.63, 3.8) is 0 Å². The number of aryl methyl sites for hydroxylation is 1. The predicted molar refractivity (Wildman–Crippen MR) is 48.8 cm³/mol. The highest BCUT2D eigenvalue weighted by Crippen LogP contribution is 2.23. The zero-order chi connectivity index (χ0) is 10.7. The third kappa shape index (κ3) is 1.50. The summed E-state index contributed by atoms with van der Waals surface area (Å²) < 4.78 is 4.97. The number of nitrogens with two attached hydrogens (primary N) is 1. The monoisotopic (exact) mass is 191 g/mol. The number of amides is 1. The second-order valence-corrected chi connectivity index (χ2v) is 2.64. The molecule has 0 aliphatic carbocycles. The van der Waals surface area contributed by atoms with Gasteiger partial charge in [0.25, 0.3) is 5.91 Å². The molecular formula is C9H9N3O2. The Morgan fingerprint density at radius 1 is 1.71 bits per heavy atom. The standard InChI is InChI=1S/C9H9N3O2/c1-5-8(14-2)6(3-10)7(4-12-5)9(11)13/h4H,1-2H3,(H2,11,13). The first kappa shape index (κ1) is 9.99. The van der Waals surface area contributed by atoms with E-state index in [1.54, 1.807) is 6.92 Å². The van der Waals surface area contributed by atoms with Gasteiger partial charge in [0.15, 0.2) is 5.75 Å². The van der Waals surface area contributed by atoms with Crippen LogP contribution in [0.2, 0.25) is 0 Å². The van der Waals surface area contributed by atoms with Gasteiger partial charge in [-0.1, -0.05) is 0 Å². The van der Waals surface area contributed by atoms with E-state index in [4.69, 9.17) is 15.7 Å². The lowest BCUT2D eigenvalue weighted by Gasteiger charge is -2.07. The summed E-state index contributed by atoms with van der Waals surface area (Å²) in [5, 5.41) is 8.84. The van der Waals surface area contributed by atoms with Gasteiger partial charge in [0.2, 0.25) is 0 Å². The van der Waals surface area contributed by atoms with Gasteiger partial charge >= 0.3 is 0 Å². The molecule has 0 aliphatic rings. The Bertz CT molecular complexity index is 421. The predicted octanol–water partition coefficient (Wildman–Crippen LogP) is 0.369. The maximum absolute atomic E-state index is 10.9. The molecule has 0 saturated heterocycles. The SMILES string of the molecule is COc1c(C)ncc(C(N)=O)c1C#N. The second kappa shape index (κ2) is 3.75. The molecular weight excluding hydrogens is 182 g/mol. The maximum atomic E-state index is 10.9. The molecule has 5 heteroatoms. The smallest absolute Gasteiger partial charge is 0.251 e. The van der Waals surface area contributed by atoms with Crippen LogP contribution in [-0.2, 0) is 0 Å². The zero-order valence-corrected chi connectivity index (χ0v) is 7.87. The summed E-state index contributed by atoms with van der Waals surface area (Å²) in [6.45, 7) is 1.68. The molecule has 1 heterocycles. The van der Waals surface area contributed by atoms with Crippen molar-refractivity contribution >= 4 is 5.91 Å². The number of pyridine rings is 1. The summed E-state index contributed by atoms with van der Waals surface area (Å²) >= 11 is 0. The van der Waals surface area contributed by atoms with Crippen molar-refractivity contribution in [3.05, 3.63) is 23.0 Å². The molecule has 0 unspecified atom stereocenters. The molecule has 0 aromatic carbocycles. The highest BCUT2D eigenvalue weighted by Gasteiger charge is 2.16. The molecule has 0 radical (unpaired) electrons. The maximum Gasteiger partial charge on any atom is 0.251 e. The average molecular weight is 191 g/mol. The zero-order valence-electron chi connectivity index (χ0n) is 7.87. The van der Waals surface area contributed by atoms with Crippen LogP contribution in [0.3, 0.4) is 0 Å². The summed E-state index contributed by atoms with van der Waals surface area (Å²) in [5.41, 5.74) is 5.84. The highest BCUT2D eigenvalue weighted by molar-refractivity contribution is 5.95. The van der Waals surface area contributed by atoms with E-state index in [0.29, 0.717) is 11.4 Å². The quantitative estimate of drug-likeness (QED) is 0.731. The molecule has 0 aliphatic heterocycles. The Hall–Kier alpha value is -2.09. The van der Waals surface area contributed by atoms with Gasteiger partial charge in [0, 0.05) is 6.20 Å². The molecule has 0 atom stereocenters. The normalized spacial score (nSPS) is 9.21. The molecule has 0 saturated carbocycles. The third-order valence-corrected chi connectivity index (χ3v) is 1.79. The number of methoxy groups -OCH3 is 1. The van der Waals surface area contributed by atoms with Crippen LogP contribution in [0.4, 0.5) is 0 Å². The molecule has 1 amide bonds. The van der Waals surface area contributed by atoms with Crippen LogP contribution in [0.15, 0.2) is 6.20 Å². The molecule has 5 nitrogen and oxygen atoms in total. The van der Waals surface area contributed by atoms with Gasteiger partial charge in [-0.15, -0.1) is 0 Å². The minimum absolute atomic E-state index is 0.0787. The van der Waals surface area contributed by atoms with Crippen molar-refractivity contribution in [2.24, 2.45) is 5.73 Å². The summed E-state index contributed by atoms with van der Waals surface area (Å²) in [5.74, 6) is -0.392. The van der Waals surface area contributed by atoms with Gasteiger partial charge in [0.1, 0.15) is 11.6 Å². The lowest BCUT2D eigenvalue weighted by Crippen LogP contribution is -2.14. The minimum atomic E-state index is -0.688. The molecule has 2 N–H and O–H groups in total. The number of hydrogen-bond acceptors (Lipinski definition) is 4. The summed E-state index contributed by atoms with van der Waals surface area (Å²) in [7, 11) is 1.41. The fourth-order valence-electron chi connectivity index (χ4n) is 1.14. The highest BCUT2D eigenvalue weighted by atomic mass is 16.5. The Balaban J connectivity index is 3.50.